The lowest BCUT2D eigenvalue weighted by Crippen LogP contribution is -2.37. The van der Waals surface area contributed by atoms with Gasteiger partial charge in [-0.05, 0) is 44.7 Å². The molecule has 4 heteroatoms. The van der Waals surface area contributed by atoms with Crippen LogP contribution in [0.1, 0.15) is 31.7 Å². The number of nitro benzene ring substituents is 1. The van der Waals surface area contributed by atoms with Crippen LogP contribution < -0.4 is 4.90 Å². The SMILES string of the molecule is Cc1cc([N+](=O)[O-])ccc1N1CCCCC1C. The maximum Gasteiger partial charge on any atom is 0.269 e. The van der Waals surface area contributed by atoms with Crippen molar-refractivity contribution in [2.24, 2.45) is 0 Å². The Bertz CT molecular complexity index is 431. The fraction of sp³-hybridized carbons (Fsp3) is 0.538. The summed E-state index contributed by atoms with van der Waals surface area (Å²) in [7, 11) is 0. The van der Waals surface area contributed by atoms with Crippen molar-refractivity contribution >= 4 is 11.4 Å². The quantitative estimate of drug-likeness (QED) is 0.582. The number of piperidine rings is 1. The van der Waals surface area contributed by atoms with Crippen LogP contribution >= 0.6 is 0 Å². The van der Waals surface area contributed by atoms with Gasteiger partial charge in [-0.15, -0.1) is 0 Å². The molecule has 0 saturated carbocycles. The molecule has 1 saturated heterocycles. The van der Waals surface area contributed by atoms with Crippen molar-refractivity contribution in [1.29, 1.82) is 0 Å². The number of benzene rings is 1. The molecule has 1 heterocycles. The summed E-state index contributed by atoms with van der Waals surface area (Å²) in [5.74, 6) is 0. The van der Waals surface area contributed by atoms with E-state index in [9.17, 15) is 10.1 Å². The second kappa shape index (κ2) is 4.73. The molecule has 2 rings (SSSR count). The van der Waals surface area contributed by atoms with Gasteiger partial charge >= 0.3 is 0 Å². The standard InChI is InChI=1S/C13H18N2O2/c1-10-9-12(15(16)17)6-7-13(10)14-8-4-3-5-11(14)2/h6-7,9,11H,3-5,8H2,1-2H3. The van der Waals surface area contributed by atoms with E-state index in [1.807, 2.05) is 13.0 Å². The monoisotopic (exact) mass is 234 g/mol. The minimum Gasteiger partial charge on any atom is -0.369 e. The second-order valence-corrected chi connectivity index (χ2v) is 4.77. The normalized spacial score (nSPS) is 20.4. The summed E-state index contributed by atoms with van der Waals surface area (Å²) in [5.41, 5.74) is 2.31. The van der Waals surface area contributed by atoms with Gasteiger partial charge in [0.2, 0.25) is 0 Å². The van der Waals surface area contributed by atoms with Crippen LogP contribution in [0.3, 0.4) is 0 Å². The van der Waals surface area contributed by atoms with Gasteiger partial charge in [0.1, 0.15) is 0 Å². The molecule has 1 aliphatic heterocycles. The Balaban J connectivity index is 2.29. The maximum absolute atomic E-state index is 10.7. The first kappa shape index (κ1) is 11.9. The number of hydrogen-bond donors (Lipinski definition) is 0. The molecule has 0 aromatic heterocycles. The lowest BCUT2D eigenvalue weighted by Gasteiger charge is -2.36. The van der Waals surface area contributed by atoms with Gasteiger partial charge in [-0.25, -0.2) is 0 Å². The summed E-state index contributed by atoms with van der Waals surface area (Å²) in [5, 5.41) is 10.7. The largest absolute Gasteiger partial charge is 0.369 e. The Morgan fingerprint density at radius 1 is 1.41 bits per heavy atom. The third-order valence-electron chi connectivity index (χ3n) is 3.50. The molecule has 1 aromatic carbocycles. The fourth-order valence-electron chi connectivity index (χ4n) is 2.53. The van der Waals surface area contributed by atoms with Crippen LogP contribution in [0.15, 0.2) is 18.2 Å². The van der Waals surface area contributed by atoms with Crippen molar-refractivity contribution in [3.8, 4) is 0 Å². The van der Waals surface area contributed by atoms with Crippen molar-refractivity contribution in [2.75, 3.05) is 11.4 Å². The molecule has 0 bridgehead atoms. The first-order chi connectivity index (χ1) is 8.09. The van der Waals surface area contributed by atoms with E-state index in [4.69, 9.17) is 0 Å². The molecule has 4 nitrogen and oxygen atoms in total. The molecule has 0 radical (unpaired) electrons. The maximum atomic E-state index is 10.7. The molecule has 17 heavy (non-hydrogen) atoms. The van der Waals surface area contributed by atoms with Crippen molar-refractivity contribution in [2.45, 2.75) is 39.2 Å². The van der Waals surface area contributed by atoms with E-state index in [1.165, 1.54) is 19.3 Å². The lowest BCUT2D eigenvalue weighted by molar-refractivity contribution is -0.384. The molecule has 0 aliphatic carbocycles. The van der Waals surface area contributed by atoms with E-state index in [1.54, 1.807) is 12.1 Å². The van der Waals surface area contributed by atoms with Crippen LogP contribution in [-0.4, -0.2) is 17.5 Å². The number of aryl methyl sites for hydroxylation is 1. The number of anilines is 1. The Labute approximate surface area is 101 Å². The third-order valence-corrected chi connectivity index (χ3v) is 3.50. The van der Waals surface area contributed by atoms with Gasteiger partial charge in [-0.3, -0.25) is 10.1 Å². The average molecular weight is 234 g/mol. The third kappa shape index (κ3) is 2.40. The molecule has 0 N–H and O–H groups in total. The molecule has 1 aliphatic rings. The summed E-state index contributed by atoms with van der Waals surface area (Å²) < 4.78 is 0. The van der Waals surface area contributed by atoms with Crippen molar-refractivity contribution < 1.29 is 4.92 Å². The summed E-state index contributed by atoms with van der Waals surface area (Å²) >= 11 is 0. The highest BCUT2D eigenvalue weighted by molar-refractivity contribution is 5.58. The topological polar surface area (TPSA) is 46.4 Å². The summed E-state index contributed by atoms with van der Waals surface area (Å²) in [4.78, 5) is 12.7. The number of hydrogen-bond acceptors (Lipinski definition) is 3. The van der Waals surface area contributed by atoms with E-state index in [0.717, 1.165) is 17.8 Å². The predicted molar refractivity (Wildman–Crippen MR) is 68.5 cm³/mol. The Morgan fingerprint density at radius 3 is 2.76 bits per heavy atom. The summed E-state index contributed by atoms with van der Waals surface area (Å²) in [6.07, 6.45) is 3.70. The smallest absolute Gasteiger partial charge is 0.269 e. The highest BCUT2D eigenvalue weighted by Crippen LogP contribution is 2.29. The van der Waals surface area contributed by atoms with Gasteiger partial charge in [-0.2, -0.15) is 0 Å². The second-order valence-electron chi connectivity index (χ2n) is 4.77. The molecule has 1 aromatic rings. The molecular weight excluding hydrogens is 216 g/mol. The van der Waals surface area contributed by atoms with E-state index < -0.39 is 0 Å². The van der Waals surface area contributed by atoms with Gasteiger partial charge in [0.25, 0.3) is 5.69 Å². The van der Waals surface area contributed by atoms with Crippen LogP contribution in [0, 0.1) is 17.0 Å². The molecule has 0 spiro atoms. The van der Waals surface area contributed by atoms with Crippen LogP contribution in [0.4, 0.5) is 11.4 Å². The van der Waals surface area contributed by atoms with E-state index in [0.29, 0.717) is 6.04 Å². The van der Waals surface area contributed by atoms with Crippen LogP contribution in [0.25, 0.3) is 0 Å². The first-order valence-corrected chi connectivity index (χ1v) is 6.11. The first-order valence-electron chi connectivity index (χ1n) is 6.11. The minimum atomic E-state index is -0.337. The van der Waals surface area contributed by atoms with Gasteiger partial charge < -0.3 is 4.90 Å². The van der Waals surface area contributed by atoms with Crippen molar-refractivity contribution in [1.82, 2.24) is 0 Å². The van der Waals surface area contributed by atoms with E-state index in [2.05, 4.69) is 11.8 Å². The molecule has 1 fully saturated rings. The number of nitro groups is 1. The molecule has 92 valence electrons. The summed E-state index contributed by atoms with van der Waals surface area (Å²) in [6, 6.07) is 5.68. The number of rotatable bonds is 2. The van der Waals surface area contributed by atoms with Crippen LogP contribution in [-0.2, 0) is 0 Å². The lowest BCUT2D eigenvalue weighted by atomic mass is 10.0. The zero-order chi connectivity index (χ0) is 12.4. The van der Waals surface area contributed by atoms with Gasteiger partial charge in [-0.1, -0.05) is 0 Å². The Hall–Kier alpha value is -1.58. The highest BCUT2D eigenvalue weighted by Gasteiger charge is 2.20. The Kier molecular flexibility index (Phi) is 3.31. The van der Waals surface area contributed by atoms with Crippen LogP contribution in [0.2, 0.25) is 0 Å². The zero-order valence-electron chi connectivity index (χ0n) is 10.3. The minimum absolute atomic E-state index is 0.177. The average Bonchev–Trinajstić information content (AvgIpc) is 2.30. The van der Waals surface area contributed by atoms with Crippen molar-refractivity contribution in [3.63, 3.8) is 0 Å². The van der Waals surface area contributed by atoms with Gasteiger partial charge in [0, 0.05) is 30.4 Å². The summed E-state index contributed by atoms with van der Waals surface area (Å²) in [6.45, 7) is 5.23. The number of non-ortho nitro benzene ring substituents is 1. The zero-order valence-corrected chi connectivity index (χ0v) is 10.3. The molecular formula is C13H18N2O2. The fourth-order valence-corrected chi connectivity index (χ4v) is 2.53. The van der Waals surface area contributed by atoms with E-state index >= 15 is 0 Å². The molecule has 1 atom stereocenters. The van der Waals surface area contributed by atoms with Gasteiger partial charge in [0.05, 0.1) is 4.92 Å². The highest BCUT2D eigenvalue weighted by atomic mass is 16.6. The van der Waals surface area contributed by atoms with E-state index in [-0.39, 0.29) is 10.6 Å². The number of nitrogens with zero attached hydrogens (tertiary/aromatic N) is 2. The van der Waals surface area contributed by atoms with Crippen molar-refractivity contribution in [3.05, 3.63) is 33.9 Å². The van der Waals surface area contributed by atoms with Gasteiger partial charge in [0.15, 0.2) is 0 Å². The molecule has 1 unspecified atom stereocenters. The molecule has 0 amide bonds. The predicted octanol–water partition coefficient (Wildman–Crippen LogP) is 3.28. The van der Waals surface area contributed by atoms with Crippen LogP contribution in [0.5, 0.6) is 0 Å². The Morgan fingerprint density at radius 2 is 2.18 bits per heavy atom.